The Labute approximate surface area is 83.9 Å². The quantitative estimate of drug-likeness (QED) is 0.604. The molecular formula is C9H6N4S. The monoisotopic (exact) mass is 202 g/mol. The number of rotatable bonds is 1. The Kier molecular flexibility index (Phi) is 1.57. The summed E-state index contributed by atoms with van der Waals surface area (Å²) in [4.78, 5) is 12.7. The van der Waals surface area contributed by atoms with Crippen LogP contribution in [-0.2, 0) is 0 Å². The molecule has 0 saturated heterocycles. The van der Waals surface area contributed by atoms with E-state index in [1.165, 1.54) is 0 Å². The summed E-state index contributed by atoms with van der Waals surface area (Å²) in [6.07, 6.45) is 5.58. The summed E-state index contributed by atoms with van der Waals surface area (Å²) in [5.74, 6) is 0.704. The number of thiazole rings is 1. The number of fused-ring (bicyclic) bond motifs is 1. The predicted molar refractivity (Wildman–Crippen MR) is 54.1 cm³/mol. The molecule has 3 aromatic rings. The van der Waals surface area contributed by atoms with Gasteiger partial charge in [-0.05, 0) is 6.07 Å². The summed E-state index contributed by atoms with van der Waals surface area (Å²) >= 11 is 1.56. The first-order chi connectivity index (χ1) is 6.93. The van der Waals surface area contributed by atoms with Crippen LogP contribution < -0.4 is 0 Å². The zero-order valence-electron chi connectivity index (χ0n) is 7.16. The van der Waals surface area contributed by atoms with E-state index in [0.29, 0.717) is 5.78 Å². The number of hydrogen-bond acceptors (Lipinski definition) is 4. The van der Waals surface area contributed by atoms with Gasteiger partial charge in [-0.1, -0.05) is 0 Å². The highest BCUT2D eigenvalue weighted by molar-refractivity contribution is 7.07. The first-order valence-electron chi connectivity index (χ1n) is 4.12. The van der Waals surface area contributed by atoms with Crippen LogP contribution in [0.25, 0.3) is 17.2 Å². The number of hydrogen-bond donors (Lipinski definition) is 0. The molecule has 0 bridgehead atoms. The lowest BCUT2D eigenvalue weighted by molar-refractivity contribution is 1.11. The van der Waals surface area contributed by atoms with Crippen molar-refractivity contribution in [1.29, 1.82) is 0 Å². The standard InChI is InChI=1S/C9H6N4S/c1-2-10-9-12-7(4-13(9)3-1)8-5-14-6-11-8/h1-6H. The molecule has 68 valence electrons. The third-order valence-corrected chi connectivity index (χ3v) is 2.52. The highest BCUT2D eigenvalue weighted by Crippen LogP contribution is 2.17. The van der Waals surface area contributed by atoms with Gasteiger partial charge in [-0.25, -0.2) is 15.0 Å². The van der Waals surface area contributed by atoms with Gasteiger partial charge in [-0.15, -0.1) is 11.3 Å². The molecule has 3 rings (SSSR count). The van der Waals surface area contributed by atoms with E-state index in [-0.39, 0.29) is 0 Å². The predicted octanol–water partition coefficient (Wildman–Crippen LogP) is 1.85. The molecule has 0 N–H and O–H groups in total. The van der Waals surface area contributed by atoms with Gasteiger partial charge >= 0.3 is 0 Å². The molecule has 3 aromatic heterocycles. The van der Waals surface area contributed by atoms with Crippen molar-refractivity contribution in [3.63, 3.8) is 0 Å². The molecule has 0 aliphatic carbocycles. The van der Waals surface area contributed by atoms with E-state index in [9.17, 15) is 0 Å². The van der Waals surface area contributed by atoms with Crippen LogP contribution in [0.2, 0.25) is 0 Å². The zero-order valence-corrected chi connectivity index (χ0v) is 7.98. The Morgan fingerprint density at radius 2 is 2.21 bits per heavy atom. The second-order valence-electron chi connectivity index (χ2n) is 2.83. The van der Waals surface area contributed by atoms with Crippen molar-refractivity contribution in [2.24, 2.45) is 0 Å². The van der Waals surface area contributed by atoms with Gasteiger partial charge in [0.25, 0.3) is 0 Å². The van der Waals surface area contributed by atoms with E-state index in [2.05, 4.69) is 15.0 Å². The molecule has 0 aromatic carbocycles. The van der Waals surface area contributed by atoms with Crippen LogP contribution in [-0.4, -0.2) is 19.4 Å². The molecule has 0 aliphatic rings. The van der Waals surface area contributed by atoms with Gasteiger partial charge in [0.2, 0.25) is 5.78 Å². The summed E-state index contributed by atoms with van der Waals surface area (Å²) in [6.45, 7) is 0. The van der Waals surface area contributed by atoms with E-state index < -0.39 is 0 Å². The van der Waals surface area contributed by atoms with E-state index in [1.807, 2.05) is 28.2 Å². The van der Waals surface area contributed by atoms with Crippen LogP contribution in [0.15, 0.2) is 35.5 Å². The first kappa shape index (κ1) is 7.64. The summed E-state index contributed by atoms with van der Waals surface area (Å²) in [5.41, 5.74) is 3.57. The second kappa shape index (κ2) is 2.88. The maximum Gasteiger partial charge on any atom is 0.234 e. The summed E-state index contributed by atoms with van der Waals surface area (Å²) < 4.78 is 1.88. The molecule has 4 nitrogen and oxygen atoms in total. The van der Waals surface area contributed by atoms with Gasteiger partial charge in [0.1, 0.15) is 11.4 Å². The average molecular weight is 202 g/mol. The molecule has 0 unspecified atom stereocenters. The molecule has 0 atom stereocenters. The van der Waals surface area contributed by atoms with Crippen molar-refractivity contribution in [1.82, 2.24) is 19.4 Å². The van der Waals surface area contributed by atoms with Crippen LogP contribution in [0.3, 0.4) is 0 Å². The van der Waals surface area contributed by atoms with Crippen molar-refractivity contribution in [2.45, 2.75) is 0 Å². The van der Waals surface area contributed by atoms with E-state index in [1.54, 1.807) is 23.0 Å². The molecule has 5 heteroatoms. The van der Waals surface area contributed by atoms with Crippen molar-refractivity contribution in [3.05, 3.63) is 35.5 Å². The Bertz CT molecular complexity index is 522. The SMILES string of the molecule is c1cnc2nc(-c3cscn3)cn2c1. The second-order valence-corrected chi connectivity index (χ2v) is 3.55. The van der Waals surface area contributed by atoms with Gasteiger partial charge in [0.15, 0.2) is 0 Å². The fraction of sp³-hybridized carbons (Fsp3) is 0. The van der Waals surface area contributed by atoms with Crippen molar-refractivity contribution >= 4 is 17.1 Å². The molecule has 0 radical (unpaired) electrons. The Morgan fingerprint density at radius 1 is 1.21 bits per heavy atom. The Balaban J connectivity index is 2.24. The number of imidazole rings is 1. The zero-order chi connectivity index (χ0) is 9.38. The minimum atomic E-state index is 0.704. The highest BCUT2D eigenvalue weighted by atomic mass is 32.1. The first-order valence-corrected chi connectivity index (χ1v) is 5.06. The lowest BCUT2D eigenvalue weighted by Crippen LogP contribution is -1.82. The number of nitrogens with zero attached hydrogens (tertiary/aromatic N) is 4. The van der Waals surface area contributed by atoms with Crippen molar-refractivity contribution in [3.8, 4) is 11.4 Å². The summed E-state index contributed by atoms with van der Waals surface area (Å²) in [5, 5.41) is 1.97. The van der Waals surface area contributed by atoms with E-state index in [0.717, 1.165) is 11.4 Å². The maximum absolute atomic E-state index is 4.35. The van der Waals surface area contributed by atoms with Crippen molar-refractivity contribution in [2.75, 3.05) is 0 Å². The van der Waals surface area contributed by atoms with Crippen LogP contribution in [0.5, 0.6) is 0 Å². The highest BCUT2D eigenvalue weighted by Gasteiger charge is 2.05. The lowest BCUT2D eigenvalue weighted by atomic mass is 10.4. The Morgan fingerprint density at radius 3 is 3.00 bits per heavy atom. The van der Waals surface area contributed by atoms with Crippen LogP contribution >= 0.6 is 11.3 Å². The molecule has 14 heavy (non-hydrogen) atoms. The third kappa shape index (κ3) is 1.10. The third-order valence-electron chi connectivity index (χ3n) is 1.93. The largest absolute Gasteiger partial charge is 0.290 e. The molecule has 0 amide bonds. The summed E-state index contributed by atoms with van der Waals surface area (Å²) in [7, 11) is 0. The molecule has 0 saturated carbocycles. The number of aromatic nitrogens is 4. The molecule has 3 heterocycles. The fourth-order valence-electron chi connectivity index (χ4n) is 1.29. The Hall–Kier alpha value is -1.75. The van der Waals surface area contributed by atoms with Gasteiger partial charge in [0.05, 0.1) is 5.51 Å². The maximum atomic E-state index is 4.35. The average Bonchev–Trinajstić information content (AvgIpc) is 2.86. The topological polar surface area (TPSA) is 43.1 Å². The van der Waals surface area contributed by atoms with Crippen LogP contribution in [0.1, 0.15) is 0 Å². The minimum absolute atomic E-state index is 0.704. The van der Waals surface area contributed by atoms with Gasteiger partial charge < -0.3 is 0 Å². The molecule has 0 spiro atoms. The summed E-state index contributed by atoms with van der Waals surface area (Å²) in [6, 6.07) is 1.87. The van der Waals surface area contributed by atoms with Gasteiger partial charge in [-0.3, -0.25) is 4.40 Å². The molecular weight excluding hydrogens is 196 g/mol. The van der Waals surface area contributed by atoms with Crippen molar-refractivity contribution < 1.29 is 0 Å². The van der Waals surface area contributed by atoms with E-state index in [4.69, 9.17) is 0 Å². The van der Waals surface area contributed by atoms with E-state index >= 15 is 0 Å². The van der Waals surface area contributed by atoms with Crippen LogP contribution in [0, 0.1) is 0 Å². The fourth-order valence-corrected chi connectivity index (χ4v) is 1.84. The smallest absolute Gasteiger partial charge is 0.234 e. The molecule has 0 aliphatic heterocycles. The van der Waals surface area contributed by atoms with Gasteiger partial charge in [-0.2, -0.15) is 0 Å². The minimum Gasteiger partial charge on any atom is -0.290 e. The van der Waals surface area contributed by atoms with Crippen LogP contribution in [0.4, 0.5) is 0 Å². The lowest BCUT2D eigenvalue weighted by Gasteiger charge is -1.85. The van der Waals surface area contributed by atoms with Gasteiger partial charge in [0, 0.05) is 24.0 Å². The normalized spacial score (nSPS) is 10.9. The molecule has 0 fully saturated rings.